The van der Waals surface area contributed by atoms with Crippen molar-refractivity contribution in [3.63, 3.8) is 0 Å². The molecule has 4 rings (SSSR count). The van der Waals surface area contributed by atoms with Crippen molar-refractivity contribution in [2.75, 3.05) is 6.61 Å². The molecule has 0 saturated heterocycles. The molecule has 12 heteroatoms. The number of alkyl halides is 2. The lowest BCUT2D eigenvalue weighted by molar-refractivity contribution is -0.0500. The van der Waals surface area contributed by atoms with Gasteiger partial charge in [-0.15, -0.1) is 0 Å². The molecule has 0 aromatic carbocycles. The molecule has 2 saturated carbocycles. The standard InChI is InChI=1S/C27H41F2N5O4S/c1-25(2,3)38-24(35)32-23(17-9-11-27(28,29)12-10-17)20-15-34-22(31-20)13-18(14-30-34)21(16-37-19-7-8-19)33-39(36)26(4,5)6/h13-15,17,19,21,23,33H,7-12,16H2,1-6H3,(H,32,35)/t21-,23+,39-/m1/s1. The Hall–Kier alpha value is -2.18. The number of alkyl carbamates (subject to hydrolysis) is 1. The SMILES string of the molecule is CC(C)(C)OC(=O)N[C@H](c1cn2ncc([C@@H](COC3CC3)N[S@](=O)C(C)(C)C)cc2n1)C1CCC(F)(F)CC1. The van der Waals surface area contributed by atoms with Crippen molar-refractivity contribution in [2.45, 2.75) is 115 Å². The minimum absolute atomic E-state index is 0.225. The van der Waals surface area contributed by atoms with Gasteiger partial charge in [-0.1, -0.05) is 0 Å². The quantitative estimate of drug-likeness (QED) is 0.419. The highest BCUT2D eigenvalue weighted by Crippen LogP contribution is 2.41. The Balaban J connectivity index is 1.60. The molecule has 1 amide bonds. The smallest absolute Gasteiger partial charge is 0.408 e. The van der Waals surface area contributed by atoms with Crippen LogP contribution < -0.4 is 10.0 Å². The minimum atomic E-state index is -2.69. The van der Waals surface area contributed by atoms with Crippen molar-refractivity contribution in [3.8, 4) is 0 Å². The molecule has 2 aromatic heterocycles. The highest BCUT2D eigenvalue weighted by molar-refractivity contribution is 7.84. The average molecular weight is 570 g/mol. The highest BCUT2D eigenvalue weighted by Gasteiger charge is 2.40. The molecule has 2 aromatic rings. The van der Waals surface area contributed by atoms with Gasteiger partial charge in [0.1, 0.15) is 5.60 Å². The Labute approximate surface area is 231 Å². The number of rotatable bonds is 9. The van der Waals surface area contributed by atoms with E-state index in [1.807, 2.05) is 26.8 Å². The number of hydrogen-bond acceptors (Lipinski definition) is 6. The summed E-state index contributed by atoms with van der Waals surface area (Å²) in [5, 5.41) is 7.41. The summed E-state index contributed by atoms with van der Waals surface area (Å²) < 4.78 is 56.4. The number of amides is 1. The van der Waals surface area contributed by atoms with E-state index in [2.05, 4.69) is 15.1 Å². The Bertz CT molecular complexity index is 1180. The van der Waals surface area contributed by atoms with Gasteiger partial charge in [-0.25, -0.2) is 32.0 Å². The maximum Gasteiger partial charge on any atom is 0.408 e. The zero-order valence-corrected chi connectivity index (χ0v) is 24.4. The number of aromatic nitrogens is 3. The first-order valence-electron chi connectivity index (χ1n) is 13.6. The topological polar surface area (TPSA) is 107 Å². The lowest BCUT2D eigenvalue weighted by Crippen LogP contribution is -2.40. The van der Waals surface area contributed by atoms with Gasteiger partial charge in [-0.05, 0) is 84.8 Å². The molecule has 0 unspecified atom stereocenters. The van der Waals surface area contributed by atoms with Crippen LogP contribution in [0, 0.1) is 5.92 Å². The molecule has 2 aliphatic rings. The fourth-order valence-corrected chi connectivity index (χ4v) is 5.30. The molecule has 9 nitrogen and oxygen atoms in total. The van der Waals surface area contributed by atoms with E-state index in [-0.39, 0.29) is 43.7 Å². The Morgan fingerprint density at radius 2 is 1.85 bits per heavy atom. The molecule has 2 aliphatic carbocycles. The molecule has 0 spiro atoms. The summed E-state index contributed by atoms with van der Waals surface area (Å²) in [6.07, 6.45) is 5.08. The Morgan fingerprint density at radius 3 is 2.44 bits per heavy atom. The van der Waals surface area contributed by atoms with Crippen LogP contribution >= 0.6 is 0 Å². The fraction of sp³-hybridized carbons (Fsp3) is 0.741. The third-order valence-corrected chi connectivity index (χ3v) is 8.43. The van der Waals surface area contributed by atoms with Gasteiger partial charge in [0.05, 0.1) is 58.6 Å². The number of ether oxygens (including phenoxy) is 2. The van der Waals surface area contributed by atoms with Crippen LogP contribution in [0.3, 0.4) is 0 Å². The summed E-state index contributed by atoms with van der Waals surface area (Å²) in [6.45, 7) is 11.3. The number of nitrogens with one attached hydrogen (secondary N) is 2. The third-order valence-electron chi connectivity index (χ3n) is 6.81. The van der Waals surface area contributed by atoms with E-state index in [1.165, 1.54) is 0 Å². The molecule has 2 heterocycles. The van der Waals surface area contributed by atoms with Crippen molar-refractivity contribution >= 4 is 22.7 Å². The van der Waals surface area contributed by atoms with Crippen LogP contribution in [-0.2, 0) is 20.5 Å². The van der Waals surface area contributed by atoms with E-state index in [9.17, 15) is 17.8 Å². The second kappa shape index (κ2) is 11.4. The number of fused-ring (bicyclic) bond motifs is 1. The van der Waals surface area contributed by atoms with Gasteiger partial charge in [-0.2, -0.15) is 5.10 Å². The average Bonchev–Trinajstić information content (AvgIpc) is 3.54. The molecule has 218 valence electrons. The number of hydrogen-bond donors (Lipinski definition) is 2. The molecule has 0 aliphatic heterocycles. The number of carbonyl (C=O) groups excluding carboxylic acids is 1. The van der Waals surface area contributed by atoms with E-state index < -0.39 is 39.4 Å². The van der Waals surface area contributed by atoms with Gasteiger partial charge in [0.2, 0.25) is 5.92 Å². The number of imidazole rings is 1. The summed E-state index contributed by atoms with van der Waals surface area (Å²) in [5.41, 5.74) is 1.12. The van der Waals surface area contributed by atoms with Crippen molar-refractivity contribution in [1.82, 2.24) is 24.6 Å². The number of nitrogens with zero attached hydrogens (tertiary/aromatic N) is 3. The third kappa shape index (κ3) is 8.40. The van der Waals surface area contributed by atoms with E-state index >= 15 is 0 Å². The van der Waals surface area contributed by atoms with Crippen molar-refractivity contribution < 1.29 is 27.3 Å². The van der Waals surface area contributed by atoms with Crippen LogP contribution in [0.5, 0.6) is 0 Å². The van der Waals surface area contributed by atoms with Crippen LogP contribution in [0.15, 0.2) is 18.5 Å². The van der Waals surface area contributed by atoms with Crippen molar-refractivity contribution in [2.24, 2.45) is 5.92 Å². The van der Waals surface area contributed by atoms with Gasteiger partial charge < -0.3 is 14.8 Å². The minimum Gasteiger partial charge on any atom is -0.444 e. The zero-order chi connectivity index (χ0) is 28.6. The summed E-state index contributed by atoms with van der Waals surface area (Å²) in [4.78, 5) is 17.5. The lowest BCUT2D eigenvalue weighted by Gasteiger charge is -2.33. The van der Waals surface area contributed by atoms with Gasteiger partial charge in [0.15, 0.2) is 5.65 Å². The van der Waals surface area contributed by atoms with Gasteiger partial charge in [0, 0.05) is 12.8 Å². The molecular formula is C27H41F2N5O4S. The van der Waals surface area contributed by atoms with Crippen LogP contribution in [0.25, 0.3) is 5.65 Å². The van der Waals surface area contributed by atoms with Crippen molar-refractivity contribution in [1.29, 1.82) is 0 Å². The van der Waals surface area contributed by atoms with Crippen LogP contribution in [0.2, 0.25) is 0 Å². The first-order valence-corrected chi connectivity index (χ1v) is 14.8. The van der Waals surface area contributed by atoms with E-state index in [0.717, 1.165) is 18.4 Å². The summed E-state index contributed by atoms with van der Waals surface area (Å²) >= 11 is 0. The maximum atomic E-state index is 13.9. The number of halogens is 2. The van der Waals surface area contributed by atoms with E-state index in [1.54, 1.807) is 37.7 Å². The first kappa shape index (κ1) is 29.8. The molecule has 0 radical (unpaired) electrons. The van der Waals surface area contributed by atoms with Crippen molar-refractivity contribution in [3.05, 3.63) is 29.7 Å². The molecular weight excluding hydrogens is 528 g/mol. The fourth-order valence-electron chi connectivity index (χ4n) is 4.49. The van der Waals surface area contributed by atoms with Crippen LogP contribution in [0.4, 0.5) is 13.6 Å². The lowest BCUT2D eigenvalue weighted by atomic mass is 9.81. The molecule has 2 N–H and O–H groups in total. The second-order valence-corrected chi connectivity index (χ2v) is 14.7. The van der Waals surface area contributed by atoms with Crippen LogP contribution in [0.1, 0.15) is 103 Å². The van der Waals surface area contributed by atoms with Gasteiger partial charge >= 0.3 is 6.09 Å². The van der Waals surface area contributed by atoms with E-state index in [0.29, 0.717) is 17.9 Å². The maximum absolute atomic E-state index is 13.9. The van der Waals surface area contributed by atoms with Gasteiger partial charge in [-0.3, -0.25) is 0 Å². The molecule has 2 fully saturated rings. The second-order valence-electron chi connectivity index (χ2n) is 12.7. The Kier molecular flexibility index (Phi) is 8.68. The zero-order valence-electron chi connectivity index (χ0n) is 23.6. The molecule has 39 heavy (non-hydrogen) atoms. The largest absolute Gasteiger partial charge is 0.444 e. The predicted molar refractivity (Wildman–Crippen MR) is 145 cm³/mol. The summed E-state index contributed by atoms with van der Waals surface area (Å²) in [5.74, 6) is -2.92. The molecule has 3 atom stereocenters. The van der Waals surface area contributed by atoms with Crippen LogP contribution in [-0.4, -0.2) is 53.9 Å². The Morgan fingerprint density at radius 1 is 1.18 bits per heavy atom. The first-order chi connectivity index (χ1) is 18.1. The van der Waals surface area contributed by atoms with E-state index in [4.69, 9.17) is 14.5 Å². The summed E-state index contributed by atoms with van der Waals surface area (Å²) in [7, 11) is -1.33. The summed E-state index contributed by atoms with van der Waals surface area (Å²) in [6, 6.07) is 0.880. The van der Waals surface area contributed by atoms with Gasteiger partial charge in [0.25, 0.3) is 0 Å². The monoisotopic (exact) mass is 569 g/mol. The normalized spacial score (nSPS) is 20.9. The predicted octanol–water partition coefficient (Wildman–Crippen LogP) is 5.39. The number of carbonyl (C=O) groups is 1. The highest BCUT2D eigenvalue weighted by atomic mass is 32.2. The molecule has 0 bridgehead atoms.